The number of anilines is 2. The number of benzene rings is 2. The average molecular weight is 397 g/mol. The molecule has 0 radical (unpaired) electrons. The number of ether oxygens (including phenoxy) is 1. The maximum absolute atomic E-state index is 6.09. The Morgan fingerprint density at radius 3 is 2.70 bits per heavy atom. The molecule has 8 nitrogen and oxygen atoms in total. The van der Waals surface area contributed by atoms with Crippen molar-refractivity contribution in [2.75, 3.05) is 5.32 Å². The van der Waals surface area contributed by atoms with Crippen molar-refractivity contribution in [2.24, 2.45) is 7.05 Å². The number of nitrogens with zero attached hydrogens (tertiary/aromatic N) is 6. The molecule has 0 aliphatic heterocycles. The molecule has 0 amide bonds. The number of aromatic nitrogens is 6. The van der Waals surface area contributed by atoms with Gasteiger partial charge in [0.15, 0.2) is 5.82 Å². The summed E-state index contributed by atoms with van der Waals surface area (Å²) in [6.07, 6.45) is 5.00. The lowest BCUT2D eigenvalue weighted by Gasteiger charge is -2.12. The monoisotopic (exact) mass is 397 g/mol. The summed E-state index contributed by atoms with van der Waals surface area (Å²) in [5.74, 6) is 2.84. The first-order valence-corrected chi connectivity index (χ1v) is 9.48. The van der Waals surface area contributed by atoms with Crippen LogP contribution in [0.2, 0.25) is 0 Å². The van der Waals surface area contributed by atoms with Crippen LogP contribution in [0.3, 0.4) is 0 Å². The van der Waals surface area contributed by atoms with Crippen molar-refractivity contribution >= 4 is 33.6 Å². The van der Waals surface area contributed by atoms with E-state index in [0.717, 1.165) is 33.8 Å². The highest BCUT2D eigenvalue weighted by Gasteiger charge is 2.09. The third kappa shape index (κ3) is 3.28. The van der Waals surface area contributed by atoms with Crippen LogP contribution in [-0.4, -0.2) is 29.5 Å². The maximum atomic E-state index is 6.09. The van der Waals surface area contributed by atoms with Crippen LogP contribution >= 0.6 is 0 Å². The van der Waals surface area contributed by atoms with Gasteiger partial charge in [-0.25, -0.2) is 24.9 Å². The SMILES string of the molecule is Cc1ncc2ncnc(Nc3ccc(Oc4ccc5c(c4)ncn5C)c(C)c3)c2n1. The van der Waals surface area contributed by atoms with Crippen molar-refractivity contribution in [3.8, 4) is 11.5 Å². The maximum Gasteiger partial charge on any atom is 0.160 e. The first-order valence-electron chi connectivity index (χ1n) is 9.48. The topological polar surface area (TPSA) is 90.6 Å². The Balaban J connectivity index is 1.41. The minimum Gasteiger partial charge on any atom is -0.457 e. The van der Waals surface area contributed by atoms with Crippen LogP contribution in [0.15, 0.2) is 55.2 Å². The summed E-state index contributed by atoms with van der Waals surface area (Å²) in [6, 6.07) is 11.8. The van der Waals surface area contributed by atoms with Gasteiger partial charge in [0, 0.05) is 18.8 Å². The highest BCUT2D eigenvalue weighted by atomic mass is 16.5. The summed E-state index contributed by atoms with van der Waals surface area (Å²) in [5.41, 5.74) is 5.22. The van der Waals surface area contributed by atoms with E-state index in [1.54, 1.807) is 12.5 Å². The lowest BCUT2D eigenvalue weighted by molar-refractivity contribution is 0.479. The molecule has 2 aromatic carbocycles. The molecule has 0 bridgehead atoms. The molecule has 30 heavy (non-hydrogen) atoms. The van der Waals surface area contributed by atoms with Crippen molar-refractivity contribution in [3.05, 3.63) is 66.6 Å². The molecule has 8 heteroatoms. The van der Waals surface area contributed by atoms with E-state index >= 15 is 0 Å². The molecule has 148 valence electrons. The smallest absolute Gasteiger partial charge is 0.160 e. The number of hydrogen-bond donors (Lipinski definition) is 1. The van der Waals surface area contributed by atoms with Gasteiger partial charge in [0.2, 0.25) is 0 Å². The lowest BCUT2D eigenvalue weighted by atomic mass is 10.2. The fourth-order valence-electron chi connectivity index (χ4n) is 3.32. The second-order valence-electron chi connectivity index (χ2n) is 7.09. The van der Waals surface area contributed by atoms with Crippen LogP contribution in [-0.2, 0) is 7.05 Å². The van der Waals surface area contributed by atoms with Crippen molar-refractivity contribution in [1.82, 2.24) is 29.5 Å². The second kappa shape index (κ2) is 7.07. The molecule has 5 rings (SSSR count). The molecule has 1 N–H and O–H groups in total. The van der Waals surface area contributed by atoms with E-state index in [1.165, 1.54) is 6.33 Å². The first kappa shape index (κ1) is 18.0. The first-order chi connectivity index (χ1) is 14.6. The highest BCUT2D eigenvalue weighted by Crippen LogP contribution is 2.30. The van der Waals surface area contributed by atoms with E-state index in [-0.39, 0.29) is 0 Å². The Labute approximate surface area is 172 Å². The molecule has 5 aromatic rings. The van der Waals surface area contributed by atoms with Gasteiger partial charge in [-0.15, -0.1) is 0 Å². The van der Waals surface area contributed by atoms with E-state index < -0.39 is 0 Å². The molecule has 0 saturated carbocycles. The van der Waals surface area contributed by atoms with Crippen LogP contribution < -0.4 is 10.1 Å². The summed E-state index contributed by atoms with van der Waals surface area (Å²) in [6.45, 7) is 3.85. The third-order valence-electron chi connectivity index (χ3n) is 4.86. The zero-order valence-corrected chi connectivity index (χ0v) is 16.8. The number of fused-ring (bicyclic) bond motifs is 2. The van der Waals surface area contributed by atoms with Gasteiger partial charge in [0.1, 0.15) is 34.7 Å². The normalized spacial score (nSPS) is 11.2. The number of hydrogen-bond acceptors (Lipinski definition) is 7. The summed E-state index contributed by atoms with van der Waals surface area (Å²) in [7, 11) is 1.97. The molecular weight excluding hydrogens is 378 g/mol. The third-order valence-corrected chi connectivity index (χ3v) is 4.86. The average Bonchev–Trinajstić information content (AvgIpc) is 3.11. The van der Waals surface area contributed by atoms with Crippen molar-refractivity contribution < 1.29 is 4.74 Å². The van der Waals surface area contributed by atoms with Crippen LogP contribution in [0.4, 0.5) is 11.5 Å². The Kier molecular flexibility index (Phi) is 4.24. The summed E-state index contributed by atoms with van der Waals surface area (Å²) in [5, 5.41) is 3.32. The van der Waals surface area contributed by atoms with Crippen molar-refractivity contribution in [3.63, 3.8) is 0 Å². The molecule has 0 atom stereocenters. The Bertz CT molecular complexity index is 1390. The second-order valence-corrected chi connectivity index (χ2v) is 7.09. The Morgan fingerprint density at radius 2 is 1.83 bits per heavy atom. The number of imidazole rings is 1. The van der Waals surface area contributed by atoms with E-state index in [1.807, 2.05) is 61.9 Å². The molecule has 0 saturated heterocycles. The van der Waals surface area contributed by atoms with Gasteiger partial charge >= 0.3 is 0 Å². The van der Waals surface area contributed by atoms with Gasteiger partial charge in [-0.1, -0.05) is 0 Å². The van der Waals surface area contributed by atoms with Gasteiger partial charge < -0.3 is 14.6 Å². The number of nitrogens with one attached hydrogen (secondary N) is 1. The standard InChI is InChI=1S/C22H19N7O/c1-13-8-15(28-22-21-18(24-11-25-22)10-23-14(2)27-21)4-7-20(13)30-16-5-6-19-17(9-16)26-12-29(19)3/h4-12H,1-3H3,(H,24,25,28). The summed E-state index contributed by atoms with van der Waals surface area (Å²) < 4.78 is 8.07. The lowest BCUT2D eigenvalue weighted by Crippen LogP contribution is -2.00. The van der Waals surface area contributed by atoms with Crippen LogP contribution in [0.1, 0.15) is 11.4 Å². The van der Waals surface area contributed by atoms with E-state index in [4.69, 9.17) is 4.74 Å². The fraction of sp³-hybridized carbons (Fsp3) is 0.136. The highest BCUT2D eigenvalue weighted by molar-refractivity contribution is 5.86. The minimum atomic E-state index is 0.638. The Morgan fingerprint density at radius 1 is 0.933 bits per heavy atom. The van der Waals surface area contributed by atoms with Gasteiger partial charge in [-0.05, 0) is 49.7 Å². The van der Waals surface area contributed by atoms with Crippen LogP contribution in [0, 0.1) is 13.8 Å². The molecular formula is C22H19N7O. The van der Waals surface area contributed by atoms with Crippen LogP contribution in [0.25, 0.3) is 22.1 Å². The predicted octanol–water partition coefficient (Wildman–Crippen LogP) is 4.46. The summed E-state index contributed by atoms with van der Waals surface area (Å²) in [4.78, 5) is 21.6. The summed E-state index contributed by atoms with van der Waals surface area (Å²) >= 11 is 0. The molecule has 0 aliphatic carbocycles. The van der Waals surface area contributed by atoms with Gasteiger partial charge in [0.05, 0.1) is 23.6 Å². The van der Waals surface area contributed by atoms with Gasteiger partial charge in [-0.2, -0.15) is 0 Å². The largest absolute Gasteiger partial charge is 0.457 e. The minimum absolute atomic E-state index is 0.638. The Hall–Kier alpha value is -4.07. The van der Waals surface area contributed by atoms with Gasteiger partial charge in [0.25, 0.3) is 0 Å². The number of rotatable bonds is 4. The van der Waals surface area contributed by atoms with E-state index in [2.05, 4.69) is 30.2 Å². The number of aryl methyl sites for hydroxylation is 3. The zero-order chi connectivity index (χ0) is 20.7. The predicted molar refractivity (Wildman–Crippen MR) is 115 cm³/mol. The molecule has 3 aromatic heterocycles. The molecule has 0 aliphatic rings. The van der Waals surface area contributed by atoms with Crippen LogP contribution in [0.5, 0.6) is 11.5 Å². The molecule has 0 spiro atoms. The quantitative estimate of drug-likeness (QED) is 0.479. The molecule has 3 heterocycles. The van der Waals surface area contributed by atoms with Gasteiger partial charge in [-0.3, -0.25) is 0 Å². The fourth-order valence-corrected chi connectivity index (χ4v) is 3.32. The van der Waals surface area contributed by atoms with Crippen molar-refractivity contribution in [1.29, 1.82) is 0 Å². The van der Waals surface area contributed by atoms with E-state index in [9.17, 15) is 0 Å². The molecule has 0 fully saturated rings. The zero-order valence-electron chi connectivity index (χ0n) is 16.8. The van der Waals surface area contributed by atoms with E-state index in [0.29, 0.717) is 22.7 Å². The van der Waals surface area contributed by atoms with Crippen molar-refractivity contribution in [2.45, 2.75) is 13.8 Å². The molecule has 0 unspecified atom stereocenters.